The summed E-state index contributed by atoms with van der Waals surface area (Å²) in [5.74, 6) is 0.811. The smallest absolute Gasteiger partial charge is 0.162 e. The van der Waals surface area contributed by atoms with Crippen LogP contribution in [0.3, 0.4) is 0 Å². The predicted octanol–water partition coefficient (Wildman–Crippen LogP) is 2.75. The van der Waals surface area contributed by atoms with Crippen LogP contribution in [-0.4, -0.2) is 19.1 Å². The van der Waals surface area contributed by atoms with E-state index in [1.165, 1.54) is 11.5 Å². The number of rotatable bonds is 1. The Morgan fingerprint density at radius 2 is 2.25 bits per heavy atom. The fourth-order valence-corrected chi connectivity index (χ4v) is 2.27. The summed E-state index contributed by atoms with van der Waals surface area (Å²) in [6, 6.07) is 5.66. The second-order valence-corrected chi connectivity index (χ2v) is 4.46. The first-order valence-electron chi connectivity index (χ1n) is 4.65. The van der Waals surface area contributed by atoms with Gasteiger partial charge in [-0.3, -0.25) is 0 Å². The first-order chi connectivity index (χ1) is 7.75. The zero-order valence-corrected chi connectivity index (χ0v) is 9.96. The third-order valence-electron chi connectivity index (χ3n) is 2.43. The van der Waals surface area contributed by atoms with Crippen molar-refractivity contribution in [3.05, 3.63) is 28.6 Å². The van der Waals surface area contributed by atoms with Crippen molar-refractivity contribution in [3.8, 4) is 11.5 Å². The molecule has 0 N–H and O–H groups in total. The van der Waals surface area contributed by atoms with Crippen LogP contribution in [0.4, 0.5) is 0 Å². The largest absolute Gasteiger partial charge is 0.326 e. The van der Waals surface area contributed by atoms with E-state index in [9.17, 15) is 0 Å². The summed E-state index contributed by atoms with van der Waals surface area (Å²) >= 11 is 7.25. The number of aromatic nitrogens is 4. The number of benzene rings is 1. The van der Waals surface area contributed by atoms with Gasteiger partial charge in [-0.1, -0.05) is 16.1 Å². The molecule has 0 unspecified atom stereocenters. The number of fused-ring (bicyclic) bond motifs is 1. The highest BCUT2D eigenvalue weighted by Crippen LogP contribution is 2.24. The SMILES string of the molecule is Cn1c(-c2csnn2)nc2cc(Cl)ccc21. The third-order valence-corrected chi connectivity index (χ3v) is 3.17. The second-order valence-electron chi connectivity index (χ2n) is 3.42. The van der Waals surface area contributed by atoms with E-state index in [4.69, 9.17) is 11.6 Å². The van der Waals surface area contributed by atoms with Gasteiger partial charge in [0.05, 0.1) is 11.0 Å². The van der Waals surface area contributed by atoms with E-state index >= 15 is 0 Å². The molecule has 0 aliphatic heterocycles. The minimum absolute atomic E-state index is 0.688. The minimum atomic E-state index is 0.688. The van der Waals surface area contributed by atoms with Crippen molar-refractivity contribution in [3.63, 3.8) is 0 Å². The molecule has 0 saturated heterocycles. The van der Waals surface area contributed by atoms with Crippen molar-refractivity contribution in [1.82, 2.24) is 19.1 Å². The molecule has 1 aromatic carbocycles. The van der Waals surface area contributed by atoms with Crippen molar-refractivity contribution in [1.29, 1.82) is 0 Å². The summed E-state index contributed by atoms with van der Waals surface area (Å²) in [5, 5.41) is 6.58. The molecule has 0 aliphatic rings. The van der Waals surface area contributed by atoms with Gasteiger partial charge in [0.25, 0.3) is 0 Å². The van der Waals surface area contributed by atoms with Gasteiger partial charge < -0.3 is 4.57 Å². The van der Waals surface area contributed by atoms with Gasteiger partial charge in [0.1, 0.15) is 5.69 Å². The lowest BCUT2D eigenvalue weighted by molar-refractivity contribution is 0.946. The lowest BCUT2D eigenvalue weighted by Crippen LogP contribution is -1.92. The molecule has 0 spiro atoms. The third kappa shape index (κ3) is 1.40. The quantitative estimate of drug-likeness (QED) is 0.667. The van der Waals surface area contributed by atoms with Crippen LogP contribution in [0.1, 0.15) is 0 Å². The Morgan fingerprint density at radius 1 is 1.38 bits per heavy atom. The molecule has 0 fully saturated rings. The molecule has 6 heteroatoms. The molecule has 80 valence electrons. The maximum Gasteiger partial charge on any atom is 0.162 e. The van der Waals surface area contributed by atoms with Gasteiger partial charge in [0.2, 0.25) is 0 Å². The standard InChI is InChI=1S/C10H7ClN4S/c1-15-9-3-2-6(11)4-7(9)12-10(15)8-5-16-14-13-8/h2-5H,1H3. The van der Waals surface area contributed by atoms with Crippen LogP contribution in [-0.2, 0) is 7.05 Å². The molecule has 0 bridgehead atoms. The zero-order chi connectivity index (χ0) is 11.1. The molecular formula is C10H7ClN4S. The average Bonchev–Trinajstić information content (AvgIpc) is 2.86. The van der Waals surface area contributed by atoms with Gasteiger partial charge in [0.15, 0.2) is 5.82 Å². The number of imidazole rings is 1. The maximum absolute atomic E-state index is 5.93. The molecule has 0 aliphatic carbocycles. The molecule has 4 nitrogen and oxygen atoms in total. The Morgan fingerprint density at radius 3 is 3.00 bits per heavy atom. The normalized spacial score (nSPS) is 11.1. The first kappa shape index (κ1) is 9.74. The van der Waals surface area contributed by atoms with Crippen molar-refractivity contribution >= 4 is 34.2 Å². The van der Waals surface area contributed by atoms with Gasteiger partial charge in [-0.25, -0.2) is 4.98 Å². The molecule has 3 rings (SSSR count). The molecule has 0 radical (unpaired) electrons. The topological polar surface area (TPSA) is 43.6 Å². The van der Waals surface area contributed by atoms with Crippen LogP contribution in [0, 0.1) is 0 Å². The van der Waals surface area contributed by atoms with Crippen molar-refractivity contribution < 1.29 is 0 Å². The molecule has 0 saturated carbocycles. The van der Waals surface area contributed by atoms with Gasteiger partial charge in [-0.05, 0) is 29.7 Å². The van der Waals surface area contributed by atoms with Crippen LogP contribution < -0.4 is 0 Å². The summed E-state index contributed by atoms with van der Waals surface area (Å²) in [4.78, 5) is 4.50. The monoisotopic (exact) mass is 250 g/mol. The Hall–Kier alpha value is -1.46. The van der Waals surface area contributed by atoms with E-state index < -0.39 is 0 Å². The van der Waals surface area contributed by atoms with E-state index in [1.807, 2.05) is 35.2 Å². The van der Waals surface area contributed by atoms with E-state index in [2.05, 4.69) is 14.6 Å². The lowest BCUT2D eigenvalue weighted by atomic mass is 10.3. The number of hydrogen-bond acceptors (Lipinski definition) is 4. The Labute approximate surface area is 101 Å². The highest BCUT2D eigenvalue weighted by atomic mass is 35.5. The Kier molecular flexibility index (Phi) is 2.15. The average molecular weight is 251 g/mol. The second kappa shape index (κ2) is 3.54. The maximum atomic E-state index is 5.93. The molecule has 2 aromatic heterocycles. The predicted molar refractivity (Wildman–Crippen MR) is 64.6 cm³/mol. The Balaban J connectivity index is 2.31. The minimum Gasteiger partial charge on any atom is -0.326 e. The highest BCUT2D eigenvalue weighted by Gasteiger charge is 2.11. The van der Waals surface area contributed by atoms with Crippen LogP contribution in [0.15, 0.2) is 23.6 Å². The molecule has 0 atom stereocenters. The number of aryl methyl sites for hydroxylation is 1. The van der Waals surface area contributed by atoms with Crippen LogP contribution >= 0.6 is 23.1 Å². The summed E-state index contributed by atoms with van der Waals surface area (Å²) in [5.41, 5.74) is 2.70. The fourth-order valence-electron chi connectivity index (χ4n) is 1.66. The number of nitrogens with zero attached hydrogens (tertiary/aromatic N) is 4. The van der Waals surface area contributed by atoms with Crippen molar-refractivity contribution in [2.45, 2.75) is 0 Å². The molecular weight excluding hydrogens is 244 g/mol. The Bertz CT molecular complexity index is 644. The van der Waals surface area contributed by atoms with Crippen molar-refractivity contribution in [2.75, 3.05) is 0 Å². The van der Waals surface area contributed by atoms with E-state index in [0.29, 0.717) is 5.02 Å². The molecule has 2 heterocycles. The van der Waals surface area contributed by atoms with E-state index in [0.717, 1.165) is 22.6 Å². The van der Waals surface area contributed by atoms with E-state index in [-0.39, 0.29) is 0 Å². The van der Waals surface area contributed by atoms with Gasteiger partial charge >= 0.3 is 0 Å². The highest BCUT2D eigenvalue weighted by molar-refractivity contribution is 7.03. The van der Waals surface area contributed by atoms with Crippen LogP contribution in [0.25, 0.3) is 22.6 Å². The summed E-state index contributed by atoms with van der Waals surface area (Å²) < 4.78 is 5.83. The molecule has 3 aromatic rings. The van der Waals surface area contributed by atoms with E-state index in [1.54, 1.807) is 0 Å². The fraction of sp³-hybridized carbons (Fsp3) is 0.100. The van der Waals surface area contributed by atoms with Gasteiger partial charge in [-0.15, -0.1) is 5.10 Å². The van der Waals surface area contributed by atoms with Crippen molar-refractivity contribution in [2.24, 2.45) is 7.05 Å². The summed E-state index contributed by atoms with van der Waals surface area (Å²) in [6.45, 7) is 0. The summed E-state index contributed by atoms with van der Waals surface area (Å²) in [7, 11) is 1.96. The zero-order valence-electron chi connectivity index (χ0n) is 8.38. The number of hydrogen-bond donors (Lipinski definition) is 0. The lowest BCUT2D eigenvalue weighted by Gasteiger charge is -1.97. The molecule has 0 amide bonds. The first-order valence-corrected chi connectivity index (χ1v) is 5.86. The van der Waals surface area contributed by atoms with Crippen LogP contribution in [0.2, 0.25) is 5.02 Å². The molecule has 16 heavy (non-hydrogen) atoms. The van der Waals surface area contributed by atoms with Gasteiger partial charge in [-0.2, -0.15) is 0 Å². The summed E-state index contributed by atoms with van der Waals surface area (Å²) in [6.07, 6.45) is 0. The van der Waals surface area contributed by atoms with Gasteiger partial charge in [0, 0.05) is 17.5 Å². The number of halogens is 1. The van der Waals surface area contributed by atoms with Crippen LogP contribution in [0.5, 0.6) is 0 Å².